The van der Waals surface area contributed by atoms with Crippen molar-refractivity contribution in [3.05, 3.63) is 65.7 Å². The lowest BCUT2D eigenvalue weighted by Gasteiger charge is -2.14. The molecule has 0 bridgehead atoms. The van der Waals surface area contributed by atoms with Crippen LogP contribution in [-0.4, -0.2) is 43.6 Å². The fourth-order valence-corrected chi connectivity index (χ4v) is 2.33. The van der Waals surface area contributed by atoms with Gasteiger partial charge in [0.25, 0.3) is 5.91 Å². The Morgan fingerprint density at radius 1 is 0.967 bits per heavy atom. The second-order valence-corrected chi connectivity index (χ2v) is 6.26. The third kappa shape index (κ3) is 7.27. The van der Waals surface area contributed by atoms with Crippen molar-refractivity contribution >= 4 is 29.6 Å². The van der Waals surface area contributed by atoms with Gasteiger partial charge in [-0.2, -0.15) is 0 Å². The van der Waals surface area contributed by atoms with Gasteiger partial charge in [0, 0.05) is 12.2 Å². The van der Waals surface area contributed by atoms with Gasteiger partial charge in [-0.1, -0.05) is 30.3 Å². The van der Waals surface area contributed by atoms with Crippen molar-refractivity contribution in [2.24, 2.45) is 0 Å². The molecule has 0 aliphatic heterocycles. The highest BCUT2D eigenvalue weighted by Gasteiger charge is 2.18. The molecule has 0 heterocycles. The molecular formula is C21H23N3O6. The summed E-state index contributed by atoms with van der Waals surface area (Å²) in [5.74, 6) is -1.69. The lowest BCUT2D eigenvalue weighted by atomic mass is 10.1. The van der Waals surface area contributed by atoms with Crippen molar-refractivity contribution in [2.75, 3.05) is 19.0 Å². The lowest BCUT2D eigenvalue weighted by molar-refractivity contribution is -0.150. The Hall–Kier alpha value is -3.88. The molecule has 2 aromatic carbocycles. The number of amides is 3. The third-order valence-corrected chi connectivity index (χ3v) is 3.94. The van der Waals surface area contributed by atoms with Crippen LogP contribution in [0.3, 0.4) is 0 Å². The number of esters is 2. The number of hydrogen-bond acceptors (Lipinski definition) is 6. The van der Waals surface area contributed by atoms with E-state index in [2.05, 4.69) is 20.7 Å². The van der Waals surface area contributed by atoms with E-state index in [-0.39, 0.29) is 6.54 Å². The van der Waals surface area contributed by atoms with Crippen molar-refractivity contribution in [3.63, 3.8) is 0 Å². The molecule has 0 spiro atoms. The van der Waals surface area contributed by atoms with Gasteiger partial charge in [-0.3, -0.25) is 4.79 Å². The third-order valence-electron chi connectivity index (χ3n) is 3.94. The Labute approximate surface area is 173 Å². The quantitative estimate of drug-likeness (QED) is 0.568. The number of ether oxygens (including phenoxy) is 2. The smallest absolute Gasteiger partial charge is 0.337 e. The molecule has 30 heavy (non-hydrogen) atoms. The topological polar surface area (TPSA) is 123 Å². The lowest BCUT2D eigenvalue weighted by Crippen LogP contribution is -2.42. The molecule has 3 N–H and O–H groups in total. The van der Waals surface area contributed by atoms with Gasteiger partial charge in [0.15, 0.2) is 6.61 Å². The molecule has 1 atom stereocenters. The molecule has 0 saturated heterocycles. The van der Waals surface area contributed by atoms with Gasteiger partial charge in [-0.05, 0) is 36.8 Å². The summed E-state index contributed by atoms with van der Waals surface area (Å²) in [5, 5.41) is 7.61. The van der Waals surface area contributed by atoms with Crippen LogP contribution < -0.4 is 16.0 Å². The molecule has 2 aromatic rings. The Kier molecular flexibility index (Phi) is 8.37. The van der Waals surface area contributed by atoms with Gasteiger partial charge in [0.2, 0.25) is 0 Å². The molecule has 0 unspecified atom stereocenters. The number of carbonyl (C=O) groups excluding carboxylic acids is 4. The Morgan fingerprint density at radius 3 is 2.27 bits per heavy atom. The van der Waals surface area contributed by atoms with Gasteiger partial charge in [-0.25, -0.2) is 14.4 Å². The molecule has 0 radical (unpaired) electrons. The van der Waals surface area contributed by atoms with E-state index in [0.717, 1.165) is 5.56 Å². The van der Waals surface area contributed by atoms with Crippen LogP contribution in [0, 0.1) is 0 Å². The highest BCUT2D eigenvalue weighted by Crippen LogP contribution is 2.06. The first-order valence-corrected chi connectivity index (χ1v) is 9.12. The maximum absolute atomic E-state index is 12.0. The number of methoxy groups -OCH3 is 1. The van der Waals surface area contributed by atoms with Crippen molar-refractivity contribution < 1.29 is 28.7 Å². The Morgan fingerprint density at radius 2 is 1.63 bits per heavy atom. The summed E-state index contributed by atoms with van der Waals surface area (Å²) >= 11 is 0. The molecular weight excluding hydrogens is 390 g/mol. The standard InChI is InChI=1S/C21H23N3O6/c1-14(23-21(28)24-17-6-4-3-5-7-17)19(26)30-13-18(25)22-12-15-8-10-16(11-9-15)20(27)29-2/h3-11,14H,12-13H2,1-2H3,(H,22,25)(H2,23,24,28)/t14-/m0/s1. The van der Waals surface area contributed by atoms with E-state index in [0.29, 0.717) is 11.3 Å². The number of rotatable bonds is 8. The minimum Gasteiger partial charge on any atom is -0.465 e. The van der Waals surface area contributed by atoms with Gasteiger partial charge < -0.3 is 25.4 Å². The molecule has 9 heteroatoms. The zero-order valence-corrected chi connectivity index (χ0v) is 16.6. The minimum atomic E-state index is -0.938. The SMILES string of the molecule is COC(=O)c1ccc(CNC(=O)COC(=O)[C@H](C)NC(=O)Nc2ccccc2)cc1. The van der Waals surface area contributed by atoms with E-state index in [9.17, 15) is 19.2 Å². The summed E-state index contributed by atoms with van der Waals surface area (Å²) in [7, 11) is 1.30. The van der Waals surface area contributed by atoms with Crippen LogP contribution in [0.25, 0.3) is 0 Å². The first-order valence-electron chi connectivity index (χ1n) is 9.12. The normalized spacial score (nSPS) is 11.0. The van der Waals surface area contributed by atoms with Gasteiger partial charge in [0.1, 0.15) is 6.04 Å². The Balaban J connectivity index is 1.69. The molecule has 0 fully saturated rings. The first-order chi connectivity index (χ1) is 14.4. The summed E-state index contributed by atoms with van der Waals surface area (Å²) in [6.07, 6.45) is 0. The average molecular weight is 413 g/mol. The zero-order valence-electron chi connectivity index (χ0n) is 16.6. The predicted molar refractivity (Wildman–Crippen MR) is 109 cm³/mol. The van der Waals surface area contributed by atoms with Gasteiger partial charge >= 0.3 is 18.0 Å². The molecule has 158 valence electrons. The number of anilines is 1. The number of benzene rings is 2. The van der Waals surface area contributed by atoms with E-state index in [4.69, 9.17) is 4.74 Å². The van der Waals surface area contributed by atoms with E-state index in [1.807, 2.05) is 6.07 Å². The maximum Gasteiger partial charge on any atom is 0.337 e. The first kappa shape index (κ1) is 22.4. The molecule has 2 rings (SSSR count). The fourth-order valence-electron chi connectivity index (χ4n) is 2.33. The molecule has 0 aromatic heterocycles. The molecule has 0 aliphatic rings. The van der Waals surface area contributed by atoms with Crippen LogP contribution in [-0.2, 0) is 25.6 Å². The maximum atomic E-state index is 12.0. The van der Waals surface area contributed by atoms with Crippen molar-refractivity contribution in [1.82, 2.24) is 10.6 Å². The summed E-state index contributed by atoms with van der Waals surface area (Å²) in [6, 6.07) is 13.8. The van der Waals surface area contributed by atoms with E-state index >= 15 is 0 Å². The van der Waals surface area contributed by atoms with Gasteiger partial charge in [0.05, 0.1) is 12.7 Å². The molecule has 3 amide bonds. The van der Waals surface area contributed by atoms with Crippen molar-refractivity contribution in [2.45, 2.75) is 19.5 Å². The largest absolute Gasteiger partial charge is 0.465 e. The number of nitrogens with one attached hydrogen (secondary N) is 3. The summed E-state index contributed by atoms with van der Waals surface area (Å²) < 4.78 is 9.53. The van der Waals surface area contributed by atoms with E-state index in [1.54, 1.807) is 48.5 Å². The second kappa shape index (κ2) is 11.2. The predicted octanol–water partition coefficient (Wildman–Crippen LogP) is 1.84. The summed E-state index contributed by atoms with van der Waals surface area (Å²) in [4.78, 5) is 47.1. The van der Waals surface area contributed by atoms with E-state index < -0.39 is 36.5 Å². The Bertz CT molecular complexity index is 883. The molecule has 9 nitrogen and oxygen atoms in total. The van der Waals surface area contributed by atoms with Crippen molar-refractivity contribution in [1.29, 1.82) is 0 Å². The van der Waals surface area contributed by atoms with E-state index in [1.165, 1.54) is 14.0 Å². The van der Waals surface area contributed by atoms with Crippen LogP contribution in [0.5, 0.6) is 0 Å². The number of para-hydroxylation sites is 1. The van der Waals surface area contributed by atoms with Gasteiger partial charge in [-0.15, -0.1) is 0 Å². The van der Waals surface area contributed by atoms with Crippen LogP contribution in [0.4, 0.5) is 10.5 Å². The summed E-state index contributed by atoms with van der Waals surface area (Å²) in [6.45, 7) is 1.17. The molecule has 0 saturated carbocycles. The van der Waals surface area contributed by atoms with Crippen LogP contribution >= 0.6 is 0 Å². The number of urea groups is 1. The molecule has 0 aliphatic carbocycles. The van der Waals surface area contributed by atoms with Crippen LogP contribution in [0.2, 0.25) is 0 Å². The zero-order chi connectivity index (χ0) is 21.9. The summed E-state index contributed by atoms with van der Waals surface area (Å²) in [5.41, 5.74) is 1.74. The monoisotopic (exact) mass is 413 g/mol. The van der Waals surface area contributed by atoms with Crippen molar-refractivity contribution in [3.8, 4) is 0 Å². The minimum absolute atomic E-state index is 0.200. The fraction of sp³-hybridized carbons (Fsp3) is 0.238. The van der Waals surface area contributed by atoms with Crippen LogP contribution in [0.15, 0.2) is 54.6 Å². The highest BCUT2D eigenvalue weighted by atomic mass is 16.5. The van der Waals surface area contributed by atoms with Crippen LogP contribution in [0.1, 0.15) is 22.8 Å². The highest BCUT2D eigenvalue weighted by molar-refractivity contribution is 5.92. The number of hydrogen-bond donors (Lipinski definition) is 3. The number of carbonyl (C=O) groups is 4. The average Bonchev–Trinajstić information content (AvgIpc) is 2.76. The second-order valence-electron chi connectivity index (χ2n) is 6.26.